The van der Waals surface area contributed by atoms with Gasteiger partial charge in [0.15, 0.2) is 23.6 Å². The van der Waals surface area contributed by atoms with Crippen LogP contribution < -0.4 is 5.32 Å². The predicted molar refractivity (Wildman–Crippen MR) is 218 cm³/mol. The second-order valence-corrected chi connectivity index (χ2v) is 17.4. The van der Waals surface area contributed by atoms with Crippen molar-refractivity contribution in [2.75, 3.05) is 6.61 Å². The number of Topliss-reactive ketones (excluding diaryl/α,β-unsaturated/α-hetero) is 1. The fourth-order valence-corrected chi connectivity index (χ4v) is 10.2. The third-order valence-electron chi connectivity index (χ3n) is 13.5. The fraction of sp³-hybridized carbons (Fsp3) is 0.447. The molecule has 1 aliphatic heterocycles. The Bertz CT molecular complexity index is 2280. The van der Waals surface area contributed by atoms with Gasteiger partial charge in [-0.15, -0.1) is 0 Å². The molecule has 7 rings (SSSR count). The van der Waals surface area contributed by atoms with E-state index in [0.717, 1.165) is 13.8 Å². The monoisotopic (exact) mass is 853 g/mol. The van der Waals surface area contributed by atoms with Gasteiger partial charge in [0.2, 0.25) is 0 Å². The molecule has 15 nitrogen and oxygen atoms in total. The Morgan fingerprint density at radius 3 is 1.95 bits per heavy atom. The quantitative estimate of drug-likeness (QED) is 0.130. The van der Waals surface area contributed by atoms with Gasteiger partial charge >= 0.3 is 23.9 Å². The lowest BCUT2D eigenvalue weighted by atomic mass is 9.44. The minimum atomic E-state index is -2.39. The van der Waals surface area contributed by atoms with Crippen LogP contribution in [-0.2, 0) is 42.9 Å². The number of hydrogen-bond acceptors (Lipinski definition) is 14. The number of aliphatic hydroxyl groups is 3. The first-order valence-corrected chi connectivity index (χ1v) is 20.5. The van der Waals surface area contributed by atoms with Crippen molar-refractivity contribution in [2.24, 2.45) is 16.7 Å². The van der Waals surface area contributed by atoms with Crippen molar-refractivity contribution < 1.29 is 67.8 Å². The van der Waals surface area contributed by atoms with Crippen LogP contribution in [0.15, 0.2) is 102 Å². The molecule has 0 spiro atoms. The van der Waals surface area contributed by atoms with Crippen LogP contribution in [0, 0.1) is 16.7 Å². The molecule has 3 unspecified atom stereocenters. The molecule has 0 radical (unpaired) electrons. The average molecular weight is 854 g/mol. The topological polar surface area (TPSA) is 221 Å². The van der Waals surface area contributed by atoms with Crippen LogP contribution in [0.1, 0.15) is 86.7 Å². The van der Waals surface area contributed by atoms with E-state index < -0.39 is 113 Å². The maximum atomic E-state index is 15.5. The van der Waals surface area contributed by atoms with Crippen LogP contribution in [-0.4, -0.2) is 105 Å². The SMILES string of the molecule is CC(=O)OC1C(=O)[C@@]2(C)[C@H]([C@H](OC(=O)c3ccccc3)C3(O)C[C@H](OC(=O)[C@H](O)C(NC(=O)c4ccccc4)c4ccccc4)C(C)=C1C3(C)C)[C@]1(OC(C)=O)CO[C@@H]1C[C@@H]2O. The predicted octanol–water partition coefficient (Wildman–Crippen LogP) is 3.74. The van der Waals surface area contributed by atoms with E-state index in [1.54, 1.807) is 92.7 Å². The highest BCUT2D eigenvalue weighted by Gasteiger charge is 2.78. The first-order valence-electron chi connectivity index (χ1n) is 20.5. The molecule has 4 aliphatic rings. The Balaban J connectivity index is 1.39. The molecule has 11 atom stereocenters. The highest BCUT2D eigenvalue weighted by Crippen LogP contribution is 2.64. The summed E-state index contributed by atoms with van der Waals surface area (Å²) in [4.78, 5) is 83.5. The van der Waals surface area contributed by atoms with Crippen molar-refractivity contribution in [2.45, 2.75) is 108 Å². The second-order valence-electron chi connectivity index (χ2n) is 17.4. The zero-order chi connectivity index (χ0) is 44.9. The number of amides is 1. The lowest BCUT2D eigenvalue weighted by molar-refractivity contribution is -0.346. The Morgan fingerprint density at radius 1 is 0.823 bits per heavy atom. The molecule has 2 bridgehead atoms. The van der Waals surface area contributed by atoms with E-state index in [1.165, 1.54) is 26.0 Å². The number of carbonyl (C=O) groups is 6. The van der Waals surface area contributed by atoms with E-state index in [9.17, 15) is 39.3 Å². The molecule has 15 heteroatoms. The first-order chi connectivity index (χ1) is 29.3. The first kappa shape index (κ1) is 44.3. The molecular formula is C47H51NO14. The number of rotatable bonds is 10. The number of ketones is 1. The van der Waals surface area contributed by atoms with Crippen molar-refractivity contribution in [3.05, 3.63) is 119 Å². The van der Waals surface area contributed by atoms with Crippen molar-refractivity contribution in [1.29, 1.82) is 0 Å². The molecular weight excluding hydrogens is 803 g/mol. The highest BCUT2D eigenvalue weighted by atomic mass is 16.6. The van der Waals surface area contributed by atoms with E-state index in [4.69, 9.17) is 23.7 Å². The molecule has 0 aromatic heterocycles. The maximum Gasteiger partial charge on any atom is 0.338 e. The van der Waals surface area contributed by atoms with Gasteiger partial charge in [-0.1, -0.05) is 80.6 Å². The van der Waals surface area contributed by atoms with Crippen molar-refractivity contribution in [1.82, 2.24) is 5.32 Å². The Morgan fingerprint density at radius 2 is 1.40 bits per heavy atom. The van der Waals surface area contributed by atoms with Crippen LogP contribution in [0.4, 0.5) is 0 Å². The number of ether oxygens (including phenoxy) is 5. The van der Waals surface area contributed by atoms with Gasteiger partial charge in [0, 0.05) is 37.7 Å². The molecule has 3 aromatic rings. The molecule has 328 valence electrons. The van der Waals surface area contributed by atoms with Crippen molar-refractivity contribution in [3.8, 4) is 0 Å². The summed E-state index contributed by atoms with van der Waals surface area (Å²) in [5.41, 5.74) is -7.02. The number of esters is 4. The van der Waals surface area contributed by atoms with Crippen molar-refractivity contribution in [3.63, 3.8) is 0 Å². The largest absolute Gasteiger partial charge is 0.456 e. The minimum absolute atomic E-state index is 0.00289. The zero-order valence-electron chi connectivity index (χ0n) is 35.2. The number of aliphatic hydroxyl groups excluding tert-OH is 2. The molecule has 4 N–H and O–H groups in total. The summed E-state index contributed by atoms with van der Waals surface area (Å²) in [5.74, 6) is -6.84. The van der Waals surface area contributed by atoms with Crippen LogP contribution in [0.25, 0.3) is 0 Å². The van der Waals surface area contributed by atoms with Gasteiger partial charge in [0.1, 0.15) is 23.9 Å². The van der Waals surface area contributed by atoms with E-state index in [0.29, 0.717) is 5.56 Å². The Hall–Kier alpha value is -5.74. The van der Waals surface area contributed by atoms with E-state index in [2.05, 4.69) is 5.32 Å². The normalized spacial score (nSPS) is 31.9. The maximum absolute atomic E-state index is 15.5. The lowest BCUT2D eigenvalue weighted by Gasteiger charge is -2.67. The summed E-state index contributed by atoms with van der Waals surface area (Å²) in [6.45, 7) is 7.97. The molecule has 1 saturated heterocycles. The van der Waals surface area contributed by atoms with Gasteiger partial charge in [-0.25, -0.2) is 9.59 Å². The lowest BCUT2D eigenvalue weighted by Crippen LogP contribution is -2.82. The van der Waals surface area contributed by atoms with Gasteiger partial charge < -0.3 is 44.3 Å². The molecule has 3 fully saturated rings. The Kier molecular flexibility index (Phi) is 11.8. The smallest absolute Gasteiger partial charge is 0.338 e. The molecule has 3 aliphatic carbocycles. The highest BCUT2D eigenvalue weighted by molar-refractivity contribution is 5.96. The van der Waals surface area contributed by atoms with Crippen LogP contribution in [0.3, 0.4) is 0 Å². The summed E-state index contributed by atoms with van der Waals surface area (Å²) < 4.78 is 30.3. The van der Waals surface area contributed by atoms with E-state index in [1.807, 2.05) is 0 Å². The molecule has 62 heavy (non-hydrogen) atoms. The van der Waals surface area contributed by atoms with Gasteiger partial charge in [0.25, 0.3) is 5.91 Å². The van der Waals surface area contributed by atoms with E-state index >= 15 is 4.79 Å². The summed E-state index contributed by atoms with van der Waals surface area (Å²) in [5, 5.41) is 40.2. The molecule has 1 amide bonds. The standard InChI is InChI=1S/C47H51NO14/c1-25-31(60-43(56)36(52)35(28-16-10-7-11-17-28)48-41(54)29-18-12-8-13-19-29)23-47(57)40(61-42(55)30-20-14-9-15-21-30)38-45(6,32(51)22-33-46(38,24-58-33)62-27(3)50)39(53)37(59-26(2)49)34(25)44(47,4)5/h7-21,31-33,35-38,40,51-52,57H,22-24H2,1-6H3,(H,48,54)/t31-,32-,33+,35?,36+,37?,38-,40-,45+,46-,47?/m0/s1. The number of fused-ring (bicyclic) bond motifs is 5. The molecule has 2 saturated carbocycles. The fourth-order valence-electron chi connectivity index (χ4n) is 10.2. The molecule has 1 heterocycles. The third-order valence-corrected chi connectivity index (χ3v) is 13.5. The third kappa shape index (κ3) is 7.29. The summed E-state index contributed by atoms with van der Waals surface area (Å²) >= 11 is 0. The Labute approximate surface area is 358 Å². The summed E-state index contributed by atoms with van der Waals surface area (Å²) in [6, 6.07) is 22.9. The zero-order valence-corrected chi connectivity index (χ0v) is 35.2. The van der Waals surface area contributed by atoms with Gasteiger partial charge in [-0.05, 0) is 54.8 Å². The van der Waals surface area contributed by atoms with Crippen LogP contribution in [0.2, 0.25) is 0 Å². The number of nitrogens with one attached hydrogen (secondary N) is 1. The second kappa shape index (κ2) is 16.5. The van der Waals surface area contributed by atoms with Crippen LogP contribution >= 0.6 is 0 Å². The van der Waals surface area contributed by atoms with E-state index in [-0.39, 0.29) is 35.3 Å². The summed E-state index contributed by atoms with van der Waals surface area (Å²) in [7, 11) is 0. The van der Waals surface area contributed by atoms with Gasteiger partial charge in [-0.2, -0.15) is 0 Å². The number of benzene rings is 3. The van der Waals surface area contributed by atoms with Gasteiger partial charge in [0.05, 0.1) is 35.6 Å². The molecule has 3 aromatic carbocycles. The van der Waals surface area contributed by atoms with Crippen LogP contribution in [0.5, 0.6) is 0 Å². The van der Waals surface area contributed by atoms with Crippen molar-refractivity contribution >= 4 is 35.6 Å². The summed E-state index contributed by atoms with van der Waals surface area (Å²) in [6.07, 6.45) is -10.5. The number of hydrogen-bond donors (Lipinski definition) is 4. The average Bonchev–Trinajstić information content (AvgIpc) is 3.24. The minimum Gasteiger partial charge on any atom is -0.456 e. The number of carbonyl (C=O) groups excluding carboxylic acids is 6. The van der Waals surface area contributed by atoms with Gasteiger partial charge in [-0.3, -0.25) is 19.2 Å².